The molecular weight excluding hydrogens is 569 g/mol. The van der Waals surface area contributed by atoms with Gasteiger partial charge in [-0.1, -0.05) is 49.4 Å². The lowest BCUT2D eigenvalue weighted by atomic mass is 10.0. The van der Waals surface area contributed by atoms with E-state index in [0.717, 1.165) is 12.1 Å². The molecule has 0 bridgehead atoms. The third-order valence-corrected chi connectivity index (χ3v) is 8.57. The summed E-state index contributed by atoms with van der Waals surface area (Å²) in [5, 5.41) is 2.67. The Morgan fingerprint density at radius 3 is 2.33 bits per heavy atom. The monoisotopic (exact) mass is 602 g/mol. The highest BCUT2D eigenvalue weighted by Crippen LogP contribution is 2.36. The number of nitrogens with zero attached hydrogens (tertiary/aromatic N) is 1. The highest BCUT2D eigenvalue weighted by molar-refractivity contribution is 7.89. The lowest BCUT2D eigenvalue weighted by molar-refractivity contribution is -0.137. The topological polar surface area (TPSA) is 122 Å². The van der Waals surface area contributed by atoms with Crippen molar-refractivity contribution in [3.8, 4) is 11.1 Å². The van der Waals surface area contributed by atoms with Crippen LogP contribution in [0.15, 0.2) is 71.6 Å². The van der Waals surface area contributed by atoms with E-state index in [-0.39, 0.29) is 30.8 Å². The minimum Gasteiger partial charge on any atom is -0.343 e. The van der Waals surface area contributed by atoms with Crippen molar-refractivity contribution in [2.75, 3.05) is 11.4 Å². The molecule has 224 valence electrons. The minimum atomic E-state index is -4.56. The molecule has 4 N–H and O–H groups in total. The number of alkyl halides is 3. The van der Waals surface area contributed by atoms with E-state index in [1.54, 1.807) is 49.4 Å². The number of hydrogen-bond donors (Lipinski definition) is 3. The molecule has 0 aromatic heterocycles. The maximum absolute atomic E-state index is 13.7. The van der Waals surface area contributed by atoms with Crippen LogP contribution in [0.1, 0.15) is 43.9 Å². The molecule has 4 rings (SSSR count). The average molecular weight is 603 g/mol. The molecule has 0 saturated heterocycles. The summed E-state index contributed by atoms with van der Waals surface area (Å²) in [6.07, 6.45) is -4.32. The van der Waals surface area contributed by atoms with Gasteiger partial charge in [-0.2, -0.15) is 13.2 Å². The Bertz CT molecular complexity index is 1580. The van der Waals surface area contributed by atoms with E-state index < -0.39 is 45.2 Å². The Labute approximate surface area is 243 Å². The Kier molecular flexibility index (Phi) is 8.81. The second kappa shape index (κ2) is 11.9. The first-order valence-electron chi connectivity index (χ1n) is 13.4. The molecular formula is C30H33F3N4O4S. The van der Waals surface area contributed by atoms with E-state index >= 15 is 0 Å². The highest BCUT2D eigenvalue weighted by Gasteiger charge is 2.36. The SMILES string of the molecule is CCNS(=O)(=O)c1ccccc1-c1ccc(CN2C(=O)[C@H](NC(=O)C(C)(C)N)CCc3cc(C(F)(F)F)ccc32)cc1. The van der Waals surface area contributed by atoms with Crippen LogP contribution in [0.5, 0.6) is 0 Å². The number of fused-ring (bicyclic) bond motifs is 1. The predicted molar refractivity (Wildman–Crippen MR) is 154 cm³/mol. The number of nitrogens with one attached hydrogen (secondary N) is 2. The van der Waals surface area contributed by atoms with Gasteiger partial charge < -0.3 is 16.0 Å². The van der Waals surface area contributed by atoms with Crippen LogP contribution < -0.4 is 20.7 Å². The normalized spacial score (nSPS) is 16.1. The first-order chi connectivity index (χ1) is 19.6. The molecule has 1 aliphatic heterocycles. The van der Waals surface area contributed by atoms with Gasteiger partial charge in [0.2, 0.25) is 21.8 Å². The van der Waals surface area contributed by atoms with Crippen molar-refractivity contribution in [1.29, 1.82) is 0 Å². The number of amides is 2. The lowest BCUT2D eigenvalue weighted by Crippen LogP contribution is -2.56. The Morgan fingerprint density at radius 2 is 1.71 bits per heavy atom. The van der Waals surface area contributed by atoms with Crippen molar-refractivity contribution in [3.63, 3.8) is 0 Å². The van der Waals surface area contributed by atoms with Gasteiger partial charge in [-0.15, -0.1) is 0 Å². The van der Waals surface area contributed by atoms with Crippen molar-refractivity contribution < 1.29 is 31.2 Å². The molecule has 42 heavy (non-hydrogen) atoms. The van der Waals surface area contributed by atoms with Crippen LogP contribution in [0, 0.1) is 0 Å². The predicted octanol–water partition coefficient (Wildman–Crippen LogP) is 4.37. The first kappa shape index (κ1) is 31.2. The molecule has 0 fully saturated rings. The van der Waals surface area contributed by atoms with E-state index in [4.69, 9.17) is 5.73 Å². The Morgan fingerprint density at radius 1 is 1.05 bits per heavy atom. The third-order valence-electron chi connectivity index (χ3n) is 6.97. The second-order valence-corrected chi connectivity index (χ2v) is 12.5. The van der Waals surface area contributed by atoms with Crippen LogP contribution >= 0.6 is 0 Å². The van der Waals surface area contributed by atoms with Gasteiger partial charge >= 0.3 is 6.18 Å². The quantitative estimate of drug-likeness (QED) is 0.354. The zero-order valence-electron chi connectivity index (χ0n) is 23.5. The van der Waals surface area contributed by atoms with E-state index in [1.807, 2.05) is 0 Å². The lowest BCUT2D eigenvalue weighted by Gasteiger charge is -2.28. The molecule has 1 atom stereocenters. The first-order valence-corrected chi connectivity index (χ1v) is 14.9. The number of hydrogen-bond acceptors (Lipinski definition) is 5. The van der Waals surface area contributed by atoms with Crippen molar-refractivity contribution in [2.24, 2.45) is 5.73 Å². The summed E-state index contributed by atoms with van der Waals surface area (Å²) in [6.45, 7) is 4.92. The highest BCUT2D eigenvalue weighted by atomic mass is 32.2. The van der Waals surface area contributed by atoms with Gasteiger partial charge in [0.25, 0.3) is 0 Å². The molecule has 0 saturated carbocycles. The van der Waals surface area contributed by atoms with Crippen molar-refractivity contribution >= 4 is 27.5 Å². The van der Waals surface area contributed by atoms with Crippen LogP contribution in [0.2, 0.25) is 0 Å². The maximum atomic E-state index is 13.7. The molecule has 0 unspecified atom stereocenters. The Hall–Kier alpha value is -3.74. The fraction of sp³-hybridized carbons (Fsp3) is 0.333. The van der Waals surface area contributed by atoms with Crippen molar-refractivity contribution in [1.82, 2.24) is 10.0 Å². The maximum Gasteiger partial charge on any atom is 0.416 e. The smallest absolute Gasteiger partial charge is 0.343 e. The fourth-order valence-electron chi connectivity index (χ4n) is 4.78. The molecule has 1 heterocycles. The number of carbonyl (C=O) groups is 2. The summed E-state index contributed by atoms with van der Waals surface area (Å²) >= 11 is 0. The molecule has 12 heteroatoms. The number of sulfonamides is 1. The molecule has 8 nitrogen and oxygen atoms in total. The van der Waals surface area contributed by atoms with Gasteiger partial charge in [0.05, 0.1) is 22.5 Å². The molecule has 0 radical (unpaired) electrons. The zero-order chi connectivity index (χ0) is 30.9. The van der Waals surface area contributed by atoms with E-state index in [0.29, 0.717) is 27.9 Å². The standard InChI is InChI=1S/C30H33F3N4O4S/c1-4-35-42(40,41)26-8-6-5-7-23(26)20-11-9-19(10-12-20)18-37-25-16-14-22(30(31,32)33)17-21(25)13-15-24(27(37)38)36-28(39)29(2,3)34/h5-12,14,16-17,24,35H,4,13,15,18,34H2,1-3H3,(H,36,39)/t24-/m1/s1. The summed E-state index contributed by atoms with van der Waals surface area (Å²) in [4.78, 5) is 27.9. The number of carbonyl (C=O) groups excluding carboxylic acids is 2. The van der Waals surface area contributed by atoms with Crippen LogP contribution in [-0.4, -0.2) is 38.4 Å². The van der Waals surface area contributed by atoms with E-state index in [9.17, 15) is 31.2 Å². The number of anilines is 1. The van der Waals surface area contributed by atoms with Gasteiger partial charge in [0.1, 0.15) is 6.04 Å². The van der Waals surface area contributed by atoms with Crippen molar-refractivity contribution in [3.05, 3.63) is 83.4 Å². The number of rotatable bonds is 8. The molecule has 2 amide bonds. The third kappa shape index (κ3) is 6.83. The van der Waals surface area contributed by atoms with Crippen LogP contribution in [0.4, 0.5) is 18.9 Å². The summed E-state index contributed by atoms with van der Waals surface area (Å²) in [5.41, 5.74) is 6.24. The molecule has 3 aromatic rings. The van der Waals surface area contributed by atoms with E-state index in [2.05, 4.69) is 10.0 Å². The van der Waals surface area contributed by atoms with Gasteiger partial charge in [0, 0.05) is 17.8 Å². The van der Waals surface area contributed by atoms with E-state index in [1.165, 1.54) is 30.9 Å². The zero-order valence-corrected chi connectivity index (χ0v) is 24.3. The number of halogens is 3. The Balaban J connectivity index is 1.69. The van der Waals surface area contributed by atoms with Gasteiger partial charge in [-0.25, -0.2) is 13.1 Å². The molecule has 1 aliphatic rings. The van der Waals surface area contributed by atoms with Crippen LogP contribution in [0.3, 0.4) is 0 Å². The van der Waals surface area contributed by atoms with Gasteiger partial charge in [-0.3, -0.25) is 9.59 Å². The summed E-state index contributed by atoms with van der Waals surface area (Å²) < 4.78 is 68.4. The van der Waals surface area contributed by atoms with Gasteiger partial charge in [0.15, 0.2) is 0 Å². The van der Waals surface area contributed by atoms with Crippen LogP contribution in [0.25, 0.3) is 11.1 Å². The summed E-state index contributed by atoms with van der Waals surface area (Å²) in [7, 11) is -3.73. The summed E-state index contributed by atoms with van der Waals surface area (Å²) in [6, 6.07) is 15.7. The van der Waals surface area contributed by atoms with Gasteiger partial charge in [-0.05, 0) is 67.6 Å². The molecule has 0 spiro atoms. The summed E-state index contributed by atoms with van der Waals surface area (Å²) in [5.74, 6) is -1.03. The number of aryl methyl sites for hydroxylation is 1. The van der Waals surface area contributed by atoms with Crippen molar-refractivity contribution in [2.45, 2.75) is 62.8 Å². The molecule has 3 aromatic carbocycles. The number of benzene rings is 3. The number of nitrogens with two attached hydrogens (primary N) is 1. The minimum absolute atomic E-state index is 0.00714. The largest absolute Gasteiger partial charge is 0.416 e. The fourth-order valence-corrected chi connectivity index (χ4v) is 6.04. The second-order valence-electron chi connectivity index (χ2n) is 10.7. The van der Waals surface area contributed by atoms with Crippen LogP contribution in [-0.2, 0) is 38.8 Å². The molecule has 0 aliphatic carbocycles. The average Bonchev–Trinajstić information content (AvgIpc) is 3.04.